The smallest absolute Gasteiger partial charge is 0.416 e. The molecule has 1 aromatic carbocycles. The molecular formula is C23H19F3N8O2. The first-order valence-electron chi connectivity index (χ1n) is 10.7. The number of carbonyl (C=O) groups excluding carboxylic acids is 1. The van der Waals surface area contributed by atoms with E-state index in [2.05, 4.69) is 30.7 Å². The Hall–Kier alpha value is -4.68. The maximum absolute atomic E-state index is 12.9. The van der Waals surface area contributed by atoms with Crippen molar-refractivity contribution in [1.82, 2.24) is 19.6 Å². The van der Waals surface area contributed by atoms with Crippen LogP contribution in [0, 0.1) is 0 Å². The molecule has 0 aliphatic carbocycles. The molecule has 10 nitrogen and oxygen atoms in total. The van der Waals surface area contributed by atoms with Crippen LogP contribution in [0.4, 0.5) is 35.3 Å². The number of carbonyl (C=O) groups is 1. The van der Waals surface area contributed by atoms with E-state index in [1.54, 1.807) is 35.0 Å². The number of hydrogen-bond acceptors (Lipinski definition) is 7. The maximum Gasteiger partial charge on any atom is 0.416 e. The lowest BCUT2D eigenvalue weighted by molar-refractivity contribution is -0.137. The number of aliphatic imine (C=N–C) groups is 1. The van der Waals surface area contributed by atoms with E-state index in [0.29, 0.717) is 34.8 Å². The molecule has 4 heterocycles. The number of benzene rings is 1. The molecule has 0 radical (unpaired) electrons. The standard InChI is InChI=1S/C23H19F3N8O2/c1-12-10-36-21(31-12)16-9-34-19(20(27)29-11-30-34)18(16)13-2-4-15(5-3-13)32-22(35)33-17-8-14(6-7-28-17)23(24,25)26/h2-9,11-12H,10H2,1H3,(H2,27,29,30)(H2,28,32,33,35). The summed E-state index contributed by atoms with van der Waals surface area (Å²) in [5, 5.41) is 9.10. The van der Waals surface area contributed by atoms with Crippen molar-refractivity contribution in [1.29, 1.82) is 0 Å². The summed E-state index contributed by atoms with van der Waals surface area (Å²) < 4.78 is 46.0. The number of hydrogen-bond donors (Lipinski definition) is 3. The molecule has 0 bridgehead atoms. The molecule has 184 valence electrons. The minimum absolute atomic E-state index is 0.00990. The molecule has 4 N–H and O–H groups in total. The Bertz CT molecular complexity index is 1480. The first-order chi connectivity index (χ1) is 17.2. The highest BCUT2D eigenvalue weighted by molar-refractivity contribution is 6.07. The van der Waals surface area contributed by atoms with E-state index in [0.717, 1.165) is 23.9 Å². The van der Waals surface area contributed by atoms with Gasteiger partial charge in [0, 0.05) is 23.6 Å². The lowest BCUT2D eigenvalue weighted by atomic mass is 10.0. The fourth-order valence-electron chi connectivity index (χ4n) is 3.78. The molecule has 5 rings (SSSR count). The Balaban J connectivity index is 1.40. The van der Waals surface area contributed by atoms with Gasteiger partial charge in [0.15, 0.2) is 5.82 Å². The van der Waals surface area contributed by atoms with Gasteiger partial charge in [-0.25, -0.2) is 24.3 Å². The lowest BCUT2D eigenvalue weighted by Gasteiger charge is -2.11. The number of amides is 2. The van der Waals surface area contributed by atoms with Gasteiger partial charge in [0.05, 0.1) is 17.2 Å². The molecule has 36 heavy (non-hydrogen) atoms. The van der Waals surface area contributed by atoms with Gasteiger partial charge in [-0.1, -0.05) is 12.1 Å². The number of ether oxygens (including phenoxy) is 1. The van der Waals surface area contributed by atoms with Gasteiger partial charge in [0.2, 0.25) is 5.90 Å². The Morgan fingerprint density at radius 1 is 1.17 bits per heavy atom. The van der Waals surface area contributed by atoms with E-state index in [1.165, 1.54) is 6.33 Å². The van der Waals surface area contributed by atoms with Gasteiger partial charge in [-0.05, 0) is 36.8 Å². The number of nitrogens with zero attached hydrogens (tertiary/aromatic N) is 5. The first kappa shape index (κ1) is 23.1. The number of fused-ring (bicyclic) bond motifs is 1. The van der Waals surface area contributed by atoms with Crippen LogP contribution in [0.2, 0.25) is 0 Å². The van der Waals surface area contributed by atoms with E-state index in [4.69, 9.17) is 10.5 Å². The van der Waals surface area contributed by atoms with Gasteiger partial charge >= 0.3 is 12.2 Å². The second kappa shape index (κ2) is 8.83. The Morgan fingerprint density at radius 3 is 2.64 bits per heavy atom. The number of aromatic nitrogens is 4. The molecule has 1 aliphatic heterocycles. The third kappa shape index (κ3) is 4.50. The summed E-state index contributed by atoms with van der Waals surface area (Å²) in [6.45, 7) is 2.40. The monoisotopic (exact) mass is 496 g/mol. The summed E-state index contributed by atoms with van der Waals surface area (Å²) in [4.78, 5) is 24.7. The fraction of sp³-hybridized carbons (Fsp3) is 0.174. The van der Waals surface area contributed by atoms with Crippen molar-refractivity contribution in [3.8, 4) is 11.1 Å². The molecule has 1 unspecified atom stereocenters. The van der Waals surface area contributed by atoms with Gasteiger partial charge in [0.25, 0.3) is 0 Å². The molecule has 13 heteroatoms. The van der Waals surface area contributed by atoms with E-state index >= 15 is 0 Å². The van der Waals surface area contributed by atoms with E-state index in [-0.39, 0.29) is 17.7 Å². The van der Waals surface area contributed by atoms with Crippen molar-refractivity contribution in [2.24, 2.45) is 4.99 Å². The predicted molar refractivity (Wildman–Crippen MR) is 127 cm³/mol. The average molecular weight is 496 g/mol. The van der Waals surface area contributed by atoms with E-state index in [1.807, 2.05) is 6.92 Å². The number of anilines is 3. The summed E-state index contributed by atoms with van der Waals surface area (Å²) in [5.74, 6) is 0.511. The van der Waals surface area contributed by atoms with Crippen molar-refractivity contribution in [2.45, 2.75) is 19.1 Å². The highest BCUT2D eigenvalue weighted by Gasteiger charge is 2.31. The zero-order valence-corrected chi connectivity index (χ0v) is 18.7. The highest BCUT2D eigenvalue weighted by atomic mass is 19.4. The molecule has 1 aliphatic rings. The summed E-state index contributed by atoms with van der Waals surface area (Å²) in [6, 6.07) is 7.63. The summed E-state index contributed by atoms with van der Waals surface area (Å²) >= 11 is 0. The highest BCUT2D eigenvalue weighted by Crippen LogP contribution is 2.35. The number of nitrogen functional groups attached to an aromatic ring is 1. The van der Waals surface area contributed by atoms with Crippen LogP contribution in [-0.4, -0.2) is 44.2 Å². The van der Waals surface area contributed by atoms with Crippen molar-refractivity contribution < 1.29 is 22.7 Å². The Kier molecular flexibility index (Phi) is 5.66. The first-order valence-corrected chi connectivity index (χ1v) is 10.7. The molecule has 0 saturated carbocycles. The zero-order valence-electron chi connectivity index (χ0n) is 18.7. The fourth-order valence-corrected chi connectivity index (χ4v) is 3.78. The number of nitrogens with one attached hydrogen (secondary N) is 2. The molecule has 0 spiro atoms. The van der Waals surface area contributed by atoms with Gasteiger partial charge in [-0.3, -0.25) is 5.32 Å². The van der Waals surface area contributed by atoms with Crippen molar-refractivity contribution in [2.75, 3.05) is 23.0 Å². The van der Waals surface area contributed by atoms with Crippen LogP contribution in [-0.2, 0) is 10.9 Å². The quantitative estimate of drug-likeness (QED) is 0.388. The number of alkyl halides is 3. The molecule has 0 fully saturated rings. The van der Waals surface area contributed by atoms with Crippen LogP contribution in [0.1, 0.15) is 18.1 Å². The molecule has 4 aromatic rings. The predicted octanol–water partition coefficient (Wildman–Crippen LogP) is 4.20. The molecule has 1 atom stereocenters. The van der Waals surface area contributed by atoms with E-state index < -0.39 is 17.8 Å². The zero-order chi connectivity index (χ0) is 25.4. The van der Waals surface area contributed by atoms with E-state index in [9.17, 15) is 18.0 Å². The van der Waals surface area contributed by atoms with Crippen LogP contribution in [0.15, 0.2) is 60.1 Å². The molecule has 3 aromatic heterocycles. The van der Waals surface area contributed by atoms with Crippen LogP contribution in [0.5, 0.6) is 0 Å². The average Bonchev–Trinajstić information content (AvgIpc) is 3.43. The van der Waals surface area contributed by atoms with Gasteiger partial charge < -0.3 is 15.8 Å². The van der Waals surface area contributed by atoms with Crippen LogP contribution in [0.25, 0.3) is 16.6 Å². The van der Waals surface area contributed by atoms with Crippen molar-refractivity contribution in [3.05, 3.63) is 66.2 Å². The lowest BCUT2D eigenvalue weighted by Crippen LogP contribution is -2.20. The SMILES string of the molecule is CC1COC(c2cn3ncnc(N)c3c2-c2ccc(NC(=O)Nc3cc(C(F)(F)F)ccn3)cc2)=N1. The minimum atomic E-state index is -4.55. The van der Waals surface area contributed by atoms with Crippen LogP contribution >= 0.6 is 0 Å². The molecular weight excluding hydrogens is 477 g/mol. The number of nitrogens with two attached hydrogens (primary N) is 1. The Morgan fingerprint density at radius 2 is 1.94 bits per heavy atom. The van der Waals surface area contributed by atoms with Crippen molar-refractivity contribution in [3.63, 3.8) is 0 Å². The Labute approximate surface area is 202 Å². The number of rotatable bonds is 4. The third-order valence-electron chi connectivity index (χ3n) is 5.39. The normalized spacial score (nSPS) is 15.4. The second-order valence-corrected chi connectivity index (χ2v) is 8.03. The summed E-state index contributed by atoms with van der Waals surface area (Å²) in [6.07, 6.45) is -0.459. The van der Waals surface area contributed by atoms with Crippen LogP contribution in [0.3, 0.4) is 0 Å². The minimum Gasteiger partial charge on any atom is -0.475 e. The molecule has 0 saturated heterocycles. The molecule has 2 amide bonds. The maximum atomic E-state index is 12.9. The van der Waals surface area contributed by atoms with Gasteiger partial charge in [-0.2, -0.15) is 18.3 Å². The largest absolute Gasteiger partial charge is 0.475 e. The number of pyridine rings is 1. The summed E-state index contributed by atoms with van der Waals surface area (Å²) in [5.41, 5.74) is 8.36. The van der Waals surface area contributed by atoms with Gasteiger partial charge in [0.1, 0.15) is 24.3 Å². The number of halogens is 3. The number of urea groups is 1. The van der Waals surface area contributed by atoms with Crippen molar-refractivity contribution >= 4 is 34.8 Å². The summed E-state index contributed by atoms with van der Waals surface area (Å²) in [7, 11) is 0. The van der Waals surface area contributed by atoms with Crippen LogP contribution < -0.4 is 16.4 Å². The van der Waals surface area contributed by atoms with Gasteiger partial charge in [-0.15, -0.1) is 0 Å². The second-order valence-electron chi connectivity index (χ2n) is 8.03. The topological polar surface area (TPSA) is 132 Å². The third-order valence-corrected chi connectivity index (χ3v) is 5.39.